The van der Waals surface area contributed by atoms with Crippen LogP contribution in [0.25, 0.3) is 0 Å². The van der Waals surface area contributed by atoms with E-state index in [0.717, 1.165) is 41.5 Å². The lowest BCUT2D eigenvalue weighted by Gasteiger charge is -2.40. The van der Waals surface area contributed by atoms with Gasteiger partial charge in [-0.1, -0.05) is 42.5 Å². The first-order chi connectivity index (χ1) is 17.1. The van der Waals surface area contributed by atoms with Crippen LogP contribution < -0.4 is 0 Å². The van der Waals surface area contributed by atoms with Gasteiger partial charge in [0.1, 0.15) is 29.9 Å². The first kappa shape index (κ1) is 26.8. The van der Waals surface area contributed by atoms with Gasteiger partial charge in [-0.15, -0.1) is 11.8 Å². The number of aliphatic imine (C=N–C) groups is 1. The molecule has 1 saturated heterocycles. The van der Waals surface area contributed by atoms with E-state index in [9.17, 15) is 20.1 Å². The molecule has 3 N–H and O–H groups in total. The number of hydrogen-bond acceptors (Lipinski definition) is 8. The van der Waals surface area contributed by atoms with Gasteiger partial charge in [-0.05, 0) is 74.1 Å². The number of nitrogens with zero attached hydrogens (tertiary/aromatic N) is 1. The molecule has 194 valence electrons. The number of carbonyl (C=O) groups is 1. The van der Waals surface area contributed by atoms with Crippen LogP contribution in [0.5, 0.6) is 0 Å². The van der Waals surface area contributed by atoms with E-state index in [0.29, 0.717) is 12.3 Å². The minimum absolute atomic E-state index is 0.288. The van der Waals surface area contributed by atoms with Crippen molar-refractivity contribution in [2.75, 3.05) is 6.26 Å². The molecule has 0 amide bonds. The Bertz CT molecular complexity index is 1110. The lowest BCUT2D eigenvalue weighted by atomic mass is 9.91. The Morgan fingerprint density at radius 1 is 0.972 bits per heavy atom. The molecular weight excluding hydrogens is 478 g/mol. The van der Waals surface area contributed by atoms with Crippen LogP contribution in [-0.2, 0) is 27.1 Å². The number of esters is 1. The molecule has 2 aliphatic heterocycles. The third kappa shape index (κ3) is 5.84. The highest BCUT2D eigenvalue weighted by molar-refractivity contribution is 7.99. The molecule has 0 aromatic heterocycles. The van der Waals surface area contributed by atoms with E-state index in [4.69, 9.17) is 9.47 Å². The fourth-order valence-corrected chi connectivity index (χ4v) is 5.25. The third-order valence-electron chi connectivity index (χ3n) is 6.89. The average molecular weight is 514 g/mol. The number of aliphatic hydroxyl groups excluding tert-OH is 3. The Morgan fingerprint density at radius 3 is 2.31 bits per heavy atom. The van der Waals surface area contributed by atoms with Gasteiger partial charge in [0.15, 0.2) is 11.4 Å². The molecule has 2 heterocycles. The van der Waals surface area contributed by atoms with Crippen LogP contribution in [0.15, 0.2) is 47.5 Å². The van der Waals surface area contributed by atoms with Crippen molar-refractivity contribution in [3.05, 3.63) is 70.3 Å². The second kappa shape index (κ2) is 11.0. The van der Waals surface area contributed by atoms with Crippen LogP contribution in [-0.4, -0.2) is 62.7 Å². The van der Waals surface area contributed by atoms with Crippen molar-refractivity contribution in [1.29, 1.82) is 0 Å². The predicted molar refractivity (Wildman–Crippen MR) is 140 cm³/mol. The second-order valence-electron chi connectivity index (χ2n) is 10.1. The van der Waals surface area contributed by atoms with Crippen LogP contribution in [0.2, 0.25) is 0 Å². The quantitative estimate of drug-likeness (QED) is 0.464. The zero-order chi connectivity index (χ0) is 26.0. The normalized spacial score (nSPS) is 27.6. The number of carbonyl (C=O) groups excluding carboxylic acids is 1. The van der Waals surface area contributed by atoms with Gasteiger partial charge in [0.2, 0.25) is 0 Å². The monoisotopic (exact) mass is 513 g/mol. The van der Waals surface area contributed by atoms with Gasteiger partial charge in [-0.25, -0.2) is 9.79 Å². The maximum Gasteiger partial charge on any atom is 0.340 e. The highest BCUT2D eigenvalue weighted by Gasteiger charge is 2.44. The first-order valence-electron chi connectivity index (χ1n) is 12.3. The van der Waals surface area contributed by atoms with E-state index in [1.807, 2.05) is 18.2 Å². The molecule has 0 saturated carbocycles. The summed E-state index contributed by atoms with van der Waals surface area (Å²) in [5.74, 6) is 0.235. The molecule has 2 aromatic rings. The maximum atomic E-state index is 11.8. The average Bonchev–Trinajstić information content (AvgIpc) is 3.11. The Kier molecular flexibility index (Phi) is 8.22. The summed E-state index contributed by atoms with van der Waals surface area (Å²) >= 11 is 1.31. The van der Waals surface area contributed by atoms with Crippen LogP contribution in [0.4, 0.5) is 0 Å². The molecule has 0 bridgehead atoms. The topological polar surface area (TPSA) is 109 Å². The molecule has 36 heavy (non-hydrogen) atoms. The SMILES string of the molecule is CS[C@H]1O[C@@H](c2ccc(C)c(Cc3ccc(CCCC4=NC(C)(C)C(=O)O4)cc3)c2)[C@H](O)[C@@H](O)[C@@H]1O. The summed E-state index contributed by atoms with van der Waals surface area (Å²) in [5, 5.41) is 31.0. The molecule has 8 heteroatoms. The molecule has 0 unspecified atom stereocenters. The van der Waals surface area contributed by atoms with E-state index >= 15 is 0 Å². The molecule has 0 aliphatic carbocycles. The molecule has 2 aromatic carbocycles. The minimum Gasteiger partial charge on any atom is -0.410 e. The number of hydrogen-bond donors (Lipinski definition) is 3. The van der Waals surface area contributed by atoms with Gasteiger partial charge >= 0.3 is 5.97 Å². The summed E-state index contributed by atoms with van der Waals surface area (Å²) in [6.45, 7) is 5.57. The summed E-state index contributed by atoms with van der Waals surface area (Å²) in [5.41, 5.74) is 4.02. The Labute approximate surface area is 216 Å². The highest BCUT2D eigenvalue weighted by atomic mass is 32.2. The zero-order valence-electron chi connectivity index (χ0n) is 21.2. The van der Waals surface area contributed by atoms with Crippen molar-refractivity contribution in [1.82, 2.24) is 0 Å². The van der Waals surface area contributed by atoms with E-state index in [2.05, 4.69) is 36.2 Å². The molecule has 1 fully saturated rings. The second-order valence-corrected chi connectivity index (χ2v) is 11.1. The number of benzene rings is 2. The summed E-state index contributed by atoms with van der Waals surface area (Å²) < 4.78 is 11.2. The standard InChI is InChI=1S/C28H35NO6S/c1-16-8-13-19(25-23(31)22(30)24(32)26(35-25)36-4)15-20(16)14-18-11-9-17(10-12-18)6-5-7-21-29-28(2,3)27(33)34-21/h8-13,15,22-26,30-32H,5-7,14H2,1-4H3/t22-,23-,24+,25+,26-/m1/s1. The lowest BCUT2D eigenvalue weighted by Crippen LogP contribution is -2.52. The summed E-state index contributed by atoms with van der Waals surface area (Å²) in [6, 6.07) is 14.4. The van der Waals surface area contributed by atoms with Gasteiger partial charge in [0, 0.05) is 6.42 Å². The Hall–Kier alpha value is -2.23. The van der Waals surface area contributed by atoms with Crippen molar-refractivity contribution in [2.45, 2.75) is 81.8 Å². The Balaban J connectivity index is 1.38. The van der Waals surface area contributed by atoms with E-state index < -0.39 is 35.4 Å². The summed E-state index contributed by atoms with van der Waals surface area (Å²) in [4.78, 5) is 16.1. The Morgan fingerprint density at radius 2 is 1.67 bits per heavy atom. The minimum atomic E-state index is -1.27. The highest BCUT2D eigenvalue weighted by Crippen LogP contribution is 2.36. The van der Waals surface area contributed by atoms with Crippen molar-refractivity contribution in [2.24, 2.45) is 4.99 Å². The van der Waals surface area contributed by atoms with Crippen molar-refractivity contribution < 1.29 is 29.6 Å². The van der Waals surface area contributed by atoms with Gasteiger partial charge < -0.3 is 24.8 Å². The smallest absolute Gasteiger partial charge is 0.340 e. The summed E-state index contributed by atoms with van der Waals surface area (Å²) in [6.07, 6.45) is 0.568. The number of aryl methyl sites for hydroxylation is 2. The van der Waals surface area contributed by atoms with Crippen LogP contribution in [0, 0.1) is 6.92 Å². The number of aliphatic hydroxyl groups is 3. The third-order valence-corrected chi connectivity index (χ3v) is 7.75. The molecular formula is C28H35NO6S. The van der Waals surface area contributed by atoms with Crippen LogP contribution in [0.3, 0.4) is 0 Å². The van der Waals surface area contributed by atoms with E-state index in [-0.39, 0.29) is 5.97 Å². The fourth-order valence-electron chi connectivity index (χ4n) is 4.58. The van der Waals surface area contributed by atoms with Gasteiger partial charge in [-0.2, -0.15) is 0 Å². The van der Waals surface area contributed by atoms with Crippen molar-refractivity contribution >= 4 is 23.6 Å². The van der Waals surface area contributed by atoms with Crippen LogP contribution in [0.1, 0.15) is 60.6 Å². The largest absolute Gasteiger partial charge is 0.410 e. The van der Waals surface area contributed by atoms with Gasteiger partial charge in [-0.3, -0.25) is 0 Å². The predicted octanol–water partition coefficient (Wildman–Crippen LogP) is 3.49. The van der Waals surface area contributed by atoms with E-state index in [1.165, 1.54) is 17.3 Å². The molecule has 2 aliphatic rings. The van der Waals surface area contributed by atoms with Crippen molar-refractivity contribution in [3.8, 4) is 0 Å². The zero-order valence-corrected chi connectivity index (χ0v) is 22.0. The number of ether oxygens (including phenoxy) is 2. The van der Waals surface area contributed by atoms with Crippen molar-refractivity contribution in [3.63, 3.8) is 0 Å². The molecule has 5 atom stereocenters. The molecule has 7 nitrogen and oxygen atoms in total. The van der Waals surface area contributed by atoms with Gasteiger partial charge in [0.05, 0.1) is 0 Å². The number of rotatable bonds is 8. The fraction of sp³-hybridized carbons (Fsp3) is 0.500. The molecule has 0 spiro atoms. The first-order valence-corrected chi connectivity index (χ1v) is 13.6. The number of thioether (sulfide) groups is 1. The number of cyclic esters (lactones) is 1. The van der Waals surface area contributed by atoms with E-state index in [1.54, 1.807) is 20.1 Å². The maximum absolute atomic E-state index is 11.8. The van der Waals surface area contributed by atoms with Gasteiger partial charge in [0.25, 0.3) is 0 Å². The molecule has 4 rings (SSSR count). The van der Waals surface area contributed by atoms with Crippen LogP contribution >= 0.6 is 11.8 Å². The molecule has 0 radical (unpaired) electrons. The summed E-state index contributed by atoms with van der Waals surface area (Å²) in [7, 11) is 0. The lowest BCUT2D eigenvalue weighted by molar-refractivity contribution is -0.200.